The van der Waals surface area contributed by atoms with Crippen LogP contribution in [0.4, 0.5) is 0 Å². The molecule has 8 atom stereocenters. The molecule has 1 aliphatic heterocycles. The molecule has 0 amide bonds. The third-order valence-electron chi connectivity index (χ3n) is 9.01. The van der Waals surface area contributed by atoms with Gasteiger partial charge in [0.2, 0.25) is 0 Å². The number of terminal acetylenes is 1. The van der Waals surface area contributed by atoms with E-state index in [1.54, 1.807) is 0 Å². The maximum absolute atomic E-state index is 7.04. The van der Waals surface area contributed by atoms with Crippen LogP contribution in [-0.4, -0.2) is 33.2 Å². The summed E-state index contributed by atoms with van der Waals surface area (Å²) in [5, 5.41) is 0. The zero-order valence-electron chi connectivity index (χ0n) is 27.1. The van der Waals surface area contributed by atoms with Gasteiger partial charge in [-0.25, -0.2) is 0 Å². The molecule has 0 aromatic heterocycles. The number of hydrogen-bond donors (Lipinski definition) is 0. The summed E-state index contributed by atoms with van der Waals surface area (Å²) in [6.45, 7) is 33.8. The first-order valence-electron chi connectivity index (χ1n) is 15.5. The van der Waals surface area contributed by atoms with E-state index in [1.807, 2.05) is 6.92 Å². The highest BCUT2D eigenvalue weighted by Crippen LogP contribution is 2.38. The van der Waals surface area contributed by atoms with Crippen LogP contribution in [-0.2, 0) is 13.9 Å². The standard InChI is InChI=1S/C35H60O3Si/c1-14-33-31(12)35(38-39(15-2,16-3)17-4)32(13)34(37-33)19-18-26(7)20-27(8)21-28(9)22-29(10)30(11)24-36-23-25(5)6/h1,20,26,28-29,31-35H,5,11,15-19,21-22,24H2,2-4,6-10,12-13H3/b27-20+/t26-,28+,29-,31-,32-,33-,34+,35+/m0/s1. The van der Waals surface area contributed by atoms with Gasteiger partial charge in [-0.15, -0.1) is 6.42 Å². The van der Waals surface area contributed by atoms with E-state index in [2.05, 4.69) is 94.1 Å². The van der Waals surface area contributed by atoms with E-state index in [1.165, 1.54) is 5.57 Å². The third-order valence-corrected chi connectivity index (χ3v) is 13.6. The van der Waals surface area contributed by atoms with Crippen molar-refractivity contribution in [1.82, 2.24) is 0 Å². The highest BCUT2D eigenvalue weighted by molar-refractivity contribution is 6.73. The SMILES string of the molecule is C#C[C@@H]1O[C@H](CC[C@H](C)/C=C(\C)C[C@@H](C)C[C@H](C)C(=C)CO[C]C(=C)C)[C@H](C)[C@H](O[Si](CC)(CC)CC)[C@H]1C. The largest absolute Gasteiger partial charge is 0.413 e. The molecule has 0 spiro atoms. The van der Waals surface area contributed by atoms with E-state index >= 15 is 0 Å². The average molecular weight is 557 g/mol. The molecule has 0 aliphatic carbocycles. The van der Waals surface area contributed by atoms with E-state index in [0.717, 1.165) is 55.0 Å². The van der Waals surface area contributed by atoms with Gasteiger partial charge in [0.15, 0.2) is 14.9 Å². The Morgan fingerprint density at radius 3 is 2.21 bits per heavy atom. The maximum Gasteiger partial charge on any atom is 0.192 e. The van der Waals surface area contributed by atoms with E-state index in [-0.39, 0.29) is 24.2 Å². The summed E-state index contributed by atoms with van der Waals surface area (Å²) in [5.41, 5.74) is 3.38. The van der Waals surface area contributed by atoms with Crippen LogP contribution in [0.5, 0.6) is 0 Å². The molecule has 0 saturated carbocycles. The molecular weight excluding hydrogens is 496 g/mol. The summed E-state index contributed by atoms with van der Waals surface area (Å²) in [5.74, 6) is 5.02. The van der Waals surface area contributed by atoms with Crippen molar-refractivity contribution in [1.29, 1.82) is 0 Å². The van der Waals surface area contributed by atoms with Crippen LogP contribution in [0, 0.1) is 48.5 Å². The minimum absolute atomic E-state index is 0.146. The Kier molecular flexibility index (Phi) is 16.2. The van der Waals surface area contributed by atoms with Crippen molar-refractivity contribution in [2.24, 2.45) is 29.6 Å². The van der Waals surface area contributed by atoms with Crippen LogP contribution in [0.25, 0.3) is 0 Å². The van der Waals surface area contributed by atoms with Crippen LogP contribution in [0.15, 0.2) is 36.0 Å². The normalized spacial score (nSPS) is 26.5. The number of hydrogen-bond acceptors (Lipinski definition) is 3. The Balaban J connectivity index is 2.69. The molecule has 1 saturated heterocycles. The first kappa shape index (κ1) is 35.9. The molecule has 1 aliphatic rings. The summed E-state index contributed by atoms with van der Waals surface area (Å²) in [7, 11) is -1.73. The van der Waals surface area contributed by atoms with Gasteiger partial charge in [-0.2, -0.15) is 0 Å². The maximum atomic E-state index is 7.04. The highest BCUT2D eigenvalue weighted by atomic mass is 28.4. The molecule has 1 rings (SSSR count). The molecule has 0 unspecified atom stereocenters. The van der Waals surface area contributed by atoms with Gasteiger partial charge in [0.1, 0.15) is 6.10 Å². The average Bonchev–Trinajstić information content (AvgIpc) is 2.88. The number of ether oxygens (including phenoxy) is 2. The quantitative estimate of drug-likeness (QED) is 0.0955. The van der Waals surface area contributed by atoms with Crippen molar-refractivity contribution in [3.05, 3.63) is 42.6 Å². The highest BCUT2D eigenvalue weighted by Gasteiger charge is 2.45. The summed E-state index contributed by atoms with van der Waals surface area (Å²) in [6, 6.07) is 3.48. The molecule has 4 heteroatoms. The van der Waals surface area contributed by atoms with Gasteiger partial charge in [-0.05, 0) is 86.6 Å². The molecule has 0 aromatic carbocycles. The van der Waals surface area contributed by atoms with Gasteiger partial charge in [-0.3, -0.25) is 0 Å². The van der Waals surface area contributed by atoms with Crippen molar-refractivity contribution in [2.45, 2.75) is 131 Å². The summed E-state index contributed by atoms with van der Waals surface area (Å²) in [4.78, 5) is 0. The van der Waals surface area contributed by atoms with Crippen molar-refractivity contribution in [3.63, 3.8) is 0 Å². The molecule has 1 heterocycles. The zero-order chi connectivity index (χ0) is 29.8. The van der Waals surface area contributed by atoms with Gasteiger partial charge in [0.25, 0.3) is 0 Å². The zero-order valence-corrected chi connectivity index (χ0v) is 28.1. The topological polar surface area (TPSA) is 27.7 Å². The van der Waals surface area contributed by atoms with Crippen molar-refractivity contribution >= 4 is 8.32 Å². The van der Waals surface area contributed by atoms with E-state index in [4.69, 9.17) is 20.3 Å². The van der Waals surface area contributed by atoms with Gasteiger partial charge in [0, 0.05) is 11.8 Å². The summed E-state index contributed by atoms with van der Waals surface area (Å²) in [6.07, 6.45) is 12.9. The van der Waals surface area contributed by atoms with Crippen LogP contribution in [0.3, 0.4) is 0 Å². The van der Waals surface area contributed by atoms with Gasteiger partial charge < -0.3 is 13.9 Å². The molecule has 39 heavy (non-hydrogen) atoms. The molecule has 3 nitrogen and oxygen atoms in total. The van der Waals surface area contributed by atoms with Crippen LogP contribution < -0.4 is 0 Å². The van der Waals surface area contributed by atoms with Crippen LogP contribution in [0.2, 0.25) is 18.1 Å². The first-order valence-corrected chi connectivity index (χ1v) is 18.0. The minimum Gasteiger partial charge on any atom is -0.413 e. The summed E-state index contributed by atoms with van der Waals surface area (Å²) >= 11 is 0. The second kappa shape index (κ2) is 17.6. The van der Waals surface area contributed by atoms with Gasteiger partial charge >= 0.3 is 0 Å². The van der Waals surface area contributed by atoms with E-state index in [9.17, 15) is 0 Å². The molecule has 0 N–H and O–H groups in total. The fourth-order valence-corrected chi connectivity index (χ4v) is 9.19. The first-order chi connectivity index (χ1) is 18.3. The van der Waals surface area contributed by atoms with Gasteiger partial charge in [-0.1, -0.05) is 86.1 Å². The molecule has 0 bridgehead atoms. The number of rotatable bonds is 18. The minimum atomic E-state index is -1.73. The Morgan fingerprint density at radius 1 is 1.05 bits per heavy atom. The smallest absolute Gasteiger partial charge is 0.192 e. The molecular formula is C35H60O3Si. The van der Waals surface area contributed by atoms with Crippen molar-refractivity contribution in [2.75, 3.05) is 6.61 Å². The lowest BCUT2D eigenvalue weighted by Gasteiger charge is -2.47. The molecule has 2 radical (unpaired) electrons. The lowest BCUT2D eigenvalue weighted by molar-refractivity contribution is -0.140. The fraction of sp³-hybridized carbons (Fsp3) is 0.743. The molecule has 222 valence electrons. The summed E-state index contributed by atoms with van der Waals surface area (Å²) < 4.78 is 19.0. The lowest BCUT2D eigenvalue weighted by Crippen LogP contribution is -2.54. The second-order valence-electron chi connectivity index (χ2n) is 12.6. The second-order valence-corrected chi connectivity index (χ2v) is 17.4. The molecule has 0 aromatic rings. The monoisotopic (exact) mass is 556 g/mol. The van der Waals surface area contributed by atoms with E-state index in [0.29, 0.717) is 30.3 Å². The Hall–Kier alpha value is -1.12. The predicted molar refractivity (Wildman–Crippen MR) is 171 cm³/mol. The fourth-order valence-electron chi connectivity index (χ4n) is 6.19. The Bertz CT molecular complexity index is 812. The van der Waals surface area contributed by atoms with Crippen molar-refractivity contribution in [3.8, 4) is 12.3 Å². The van der Waals surface area contributed by atoms with Crippen LogP contribution in [0.1, 0.15) is 94.9 Å². The lowest BCUT2D eigenvalue weighted by atomic mass is 9.81. The Labute approximate surface area is 244 Å². The van der Waals surface area contributed by atoms with Crippen LogP contribution >= 0.6 is 0 Å². The van der Waals surface area contributed by atoms with E-state index < -0.39 is 8.32 Å². The Morgan fingerprint density at radius 2 is 1.67 bits per heavy atom. The third kappa shape index (κ3) is 11.7. The van der Waals surface area contributed by atoms with Gasteiger partial charge in [0.05, 0.1) is 18.8 Å². The predicted octanol–water partition coefficient (Wildman–Crippen LogP) is 9.65. The van der Waals surface area contributed by atoms with Crippen molar-refractivity contribution < 1.29 is 13.9 Å². The molecule has 1 fully saturated rings. The number of allylic oxidation sites excluding steroid dienone is 2.